The molecule has 10 heteroatoms. The highest BCUT2D eigenvalue weighted by atomic mass is 32.2. The van der Waals surface area contributed by atoms with Crippen LogP contribution in [0.2, 0.25) is 0 Å². The summed E-state index contributed by atoms with van der Waals surface area (Å²) in [7, 11) is -1.70. The van der Waals surface area contributed by atoms with Crippen molar-refractivity contribution in [2.75, 3.05) is 39.8 Å². The van der Waals surface area contributed by atoms with Crippen molar-refractivity contribution in [1.82, 2.24) is 24.3 Å². The molecule has 0 unspecified atom stereocenters. The van der Waals surface area contributed by atoms with Gasteiger partial charge in [-0.25, -0.2) is 21.9 Å². The van der Waals surface area contributed by atoms with Gasteiger partial charge in [-0.1, -0.05) is 13.8 Å². The molecular formula is C15H27F2N5O2S. The van der Waals surface area contributed by atoms with Gasteiger partial charge in [-0.05, 0) is 13.0 Å². The number of hydrogen-bond acceptors (Lipinski definition) is 5. The molecule has 0 bridgehead atoms. The van der Waals surface area contributed by atoms with Crippen molar-refractivity contribution in [3.05, 3.63) is 12.4 Å². The lowest BCUT2D eigenvalue weighted by molar-refractivity contribution is 0.0905. The van der Waals surface area contributed by atoms with Gasteiger partial charge in [0.2, 0.25) is 10.0 Å². The molecule has 144 valence electrons. The van der Waals surface area contributed by atoms with Gasteiger partial charge in [0.1, 0.15) is 11.4 Å². The second kappa shape index (κ2) is 8.52. The maximum absolute atomic E-state index is 12.4. The number of nitrogens with one attached hydrogen (secondary N) is 1. The summed E-state index contributed by atoms with van der Waals surface area (Å²) in [6, 6.07) is 0.0829. The van der Waals surface area contributed by atoms with E-state index in [9.17, 15) is 17.2 Å². The molecule has 1 aliphatic heterocycles. The van der Waals surface area contributed by atoms with Crippen molar-refractivity contribution in [3.8, 4) is 0 Å². The first-order valence-electron chi connectivity index (χ1n) is 8.42. The average molecular weight is 379 g/mol. The zero-order valence-electron chi connectivity index (χ0n) is 14.9. The number of piperazine rings is 1. The molecule has 1 aromatic rings. The van der Waals surface area contributed by atoms with E-state index in [0.29, 0.717) is 0 Å². The van der Waals surface area contributed by atoms with Crippen LogP contribution in [0.5, 0.6) is 0 Å². The maximum atomic E-state index is 12.4. The lowest BCUT2D eigenvalue weighted by atomic mass is 10.0. The SMILES string of the molecule is CC(C)[C@H](CNS(=O)(=O)c1cnn(CC(F)F)c1)N1CCN(C)CC1. The van der Waals surface area contributed by atoms with E-state index in [2.05, 4.69) is 40.5 Å². The van der Waals surface area contributed by atoms with Crippen molar-refractivity contribution < 1.29 is 17.2 Å². The smallest absolute Gasteiger partial charge is 0.257 e. The first kappa shape index (κ1) is 20.2. The molecule has 0 aromatic carbocycles. The molecule has 1 N–H and O–H groups in total. The number of aromatic nitrogens is 2. The molecule has 0 amide bonds. The normalized spacial score (nSPS) is 19.0. The highest BCUT2D eigenvalue weighted by molar-refractivity contribution is 7.89. The Morgan fingerprint density at radius 1 is 1.24 bits per heavy atom. The zero-order valence-corrected chi connectivity index (χ0v) is 15.7. The summed E-state index contributed by atoms with van der Waals surface area (Å²) in [5.41, 5.74) is 0. The number of alkyl halides is 2. The third-order valence-corrected chi connectivity index (χ3v) is 5.88. The van der Waals surface area contributed by atoms with Gasteiger partial charge in [0, 0.05) is 45.0 Å². The molecule has 0 aliphatic carbocycles. The Balaban J connectivity index is 1.99. The summed E-state index contributed by atoms with van der Waals surface area (Å²) in [5, 5.41) is 3.68. The standard InChI is InChI=1S/C15H27F2N5O2S/c1-12(2)14(21-6-4-20(3)5-7-21)9-19-25(23,24)13-8-18-22(10-13)11-15(16)17/h8,10,12,14-15,19H,4-7,9,11H2,1-3H3/t14-/m0/s1. The predicted molar refractivity (Wildman–Crippen MR) is 91.1 cm³/mol. The minimum absolute atomic E-state index is 0.0829. The van der Waals surface area contributed by atoms with Crippen LogP contribution in [-0.2, 0) is 16.6 Å². The first-order valence-corrected chi connectivity index (χ1v) is 9.90. The monoisotopic (exact) mass is 379 g/mol. The minimum Gasteiger partial charge on any atom is -0.304 e. The molecule has 0 saturated carbocycles. The molecule has 0 radical (unpaired) electrons. The van der Waals surface area contributed by atoms with E-state index < -0.39 is 23.0 Å². The van der Waals surface area contributed by atoms with Crippen LogP contribution in [0.4, 0.5) is 8.78 Å². The van der Waals surface area contributed by atoms with Crippen LogP contribution in [0, 0.1) is 5.92 Å². The Bertz CT molecular complexity index is 642. The molecular weight excluding hydrogens is 352 g/mol. The Morgan fingerprint density at radius 3 is 2.44 bits per heavy atom. The van der Waals surface area contributed by atoms with Crippen molar-refractivity contribution in [1.29, 1.82) is 0 Å². The molecule has 0 spiro atoms. The Hall–Kier alpha value is -1.10. The van der Waals surface area contributed by atoms with E-state index in [1.54, 1.807) is 0 Å². The molecule has 1 atom stereocenters. The van der Waals surface area contributed by atoms with Gasteiger partial charge in [0.05, 0.1) is 6.20 Å². The topological polar surface area (TPSA) is 70.5 Å². The second-order valence-electron chi connectivity index (χ2n) is 6.79. The Morgan fingerprint density at radius 2 is 1.88 bits per heavy atom. The fraction of sp³-hybridized carbons (Fsp3) is 0.800. The fourth-order valence-electron chi connectivity index (χ4n) is 2.94. The summed E-state index contributed by atoms with van der Waals surface area (Å²) >= 11 is 0. The third kappa shape index (κ3) is 5.70. The number of nitrogens with zero attached hydrogens (tertiary/aromatic N) is 4. The molecule has 1 saturated heterocycles. The van der Waals surface area contributed by atoms with Gasteiger partial charge in [0.15, 0.2) is 0 Å². The summed E-state index contributed by atoms with van der Waals surface area (Å²) in [4.78, 5) is 4.46. The van der Waals surface area contributed by atoms with Crippen LogP contribution >= 0.6 is 0 Å². The van der Waals surface area contributed by atoms with Gasteiger partial charge >= 0.3 is 0 Å². The highest BCUT2D eigenvalue weighted by Crippen LogP contribution is 2.15. The lowest BCUT2D eigenvalue weighted by Gasteiger charge is -2.39. The second-order valence-corrected chi connectivity index (χ2v) is 8.56. The highest BCUT2D eigenvalue weighted by Gasteiger charge is 2.27. The van der Waals surface area contributed by atoms with Crippen molar-refractivity contribution in [3.63, 3.8) is 0 Å². The molecule has 1 aliphatic rings. The fourth-order valence-corrected chi connectivity index (χ4v) is 3.95. The largest absolute Gasteiger partial charge is 0.304 e. The van der Waals surface area contributed by atoms with E-state index in [0.717, 1.165) is 43.3 Å². The molecule has 25 heavy (non-hydrogen) atoms. The van der Waals surface area contributed by atoms with E-state index in [1.807, 2.05) is 0 Å². The summed E-state index contributed by atoms with van der Waals surface area (Å²) in [5.74, 6) is 0.285. The zero-order chi connectivity index (χ0) is 18.6. The average Bonchev–Trinajstić information content (AvgIpc) is 2.97. The van der Waals surface area contributed by atoms with E-state index in [-0.39, 0.29) is 23.4 Å². The van der Waals surface area contributed by atoms with Gasteiger partial charge < -0.3 is 4.90 Å². The molecule has 2 heterocycles. The number of halogens is 2. The number of hydrogen-bond donors (Lipinski definition) is 1. The van der Waals surface area contributed by atoms with E-state index in [1.165, 1.54) is 0 Å². The van der Waals surface area contributed by atoms with Crippen molar-refractivity contribution >= 4 is 10.0 Å². The number of likely N-dealkylation sites (N-methyl/N-ethyl adjacent to an activating group) is 1. The lowest BCUT2D eigenvalue weighted by Crippen LogP contribution is -2.54. The molecule has 1 fully saturated rings. The molecule has 2 rings (SSSR count). The van der Waals surface area contributed by atoms with Crippen LogP contribution in [-0.4, -0.2) is 80.2 Å². The van der Waals surface area contributed by atoms with Crippen molar-refractivity contribution in [2.24, 2.45) is 5.92 Å². The third-order valence-electron chi connectivity index (χ3n) is 4.50. The van der Waals surface area contributed by atoms with E-state index in [4.69, 9.17) is 0 Å². The van der Waals surface area contributed by atoms with Gasteiger partial charge in [-0.2, -0.15) is 5.10 Å². The Kier molecular flexibility index (Phi) is 6.89. The maximum Gasteiger partial charge on any atom is 0.257 e. The van der Waals surface area contributed by atoms with Crippen LogP contribution in [0.25, 0.3) is 0 Å². The molecule has 7 nitrogen and oxygen atoms in total. The van der Waals surface area contributed by atoms with Crippen LogP contribution in [0.3, 0.4) is 0 Å². The van der Waals surface area contributed by atoms with Crippen LogP contribution < -0.4 is 4.72 Å². The summed E-state index contributed by atoms with van der Waals surface area (Å²) < 4.78 is 53.1. The summed E-state index contributed by atoms with van der Waals surface area (Å²) in [6.07, 6.45) is -0.342. The van der Waals surface area contributed by atoms with Gasteiger partial charge in [-0.3, -0.25) is 9.58 Å². The van der Waals surface area contributed by atoms with Gasteiger partial charge in [0.25, 0.3) is 6.43 Å². The quantitative estimate of drug-likeness (QED) is 0.720. The molecule has 1 aromatic heterocycles. The summed E-state index contributed by atoms with van der Waals surface area (Å²) in [6.45, 7) is 7.50. The predicted octanol–water partition coefficient (Wildman–Crippen LogP) is 0.699. The minimum atomic E-state index is -3.77. The van der Waals surface area contributed by atoms with Crippen LogP contribution in [0.1, 0.15) is 13.8 Å². The van der Waals surface area contributed by atoms with Crippen LogP contribution in [0.15, 0.2) is 17.3 Å². The van der Waals surface area contributed by atoms with Gasteiger partial charge in [-0.15, -0.1) is 0 Å². The van der Waals surface area contributed by atoms with Crippen molar-refractivity contribution in [2.45, 2.75) is 37.8 Å². The number of rotatable bonds is 8. The Labute approximate surface area is 148 Å². The number of sulfonamides is 1. The first-order chi connectivity index (χ1) is 11.7. The van der Waals surface area contributed by atoms with E-state index >= 15 is 0 Å².